The fourth-order valence-corrected chi connectivity index (χ4v) is 2.98. The number of hydrogen-bond acceptors (Lipinski definition) is 5. The van der Waals surface area contributed by atoms with E-state index in [4.69, 9.17) is 4.74 Å². The van der Waals surface area contributed by atoms with Gasteiger partial charge < -0.3 is 15.4 Å². The zero-order valence-electron chi connectivity index (χ0n) is 13.0. The van der Waals surface area contributed by atoms with Crippen molar-refractivity contribution in [2.24, 2.45) is 0 Å². The number of carbonyl (C=O) groups excluding carboxylic acids is 1. The molecule has 1 saturated heterocycles. The van der Waals surface area contributed by atoms with Crippen LogP contribution in [-0.2, 0) is 19.6 Å². The second kappa shape index (κ2) is 8.60. The first-order valence-electron chi connectivity index (χ1n) is 7.09. The number of amides is 1. The predicted molar refractivity (Wildman–Crippen MR) is 89.1 cm³/mol. The van der Waals surface area contributed by atoms with Gasteiger partial charge in [-0.15, -0.1) is 12.4 Å². The van der Waals surface area contributed by atoms with Crippen LogP contribution in [0.25, 0.3) is 0 Å². The molecule has 0 aliphatic carbocycles. The van der Waals surface area contributed by atoms with E-state index in [-0.39, 0.29) is 35.3 Å². The Kier molecular flexibility index (Phi) is 7.43. The van der Waals surface area contributed by atoms with Gasteiger partial charge in [0.05, 0.1) is 24.2 Å². The number of carbonyl (C=O) groups is 1. The van der Waals surface area contributed by atoms with Gasteiger partial charge in [0.25, 0.3) is 0 Å². The molecule has 1 aliphatic rings. The predicted octanol–water partition coefficient (Wildman–Crippen LogP) is 0.182. The van der Waals surface area contributed by atoms with Crippen LogP contribution in [0.4, 0.5) is 0 Å². The van der Waals surface area contributed by atoms with E-state index >= 15 is 0 Å². The lowest BCUT2D eigenvalue weighted by molar-refractivity contribution is -0.126. The van der Waals surface area contributed by atoms with Crippen molar-refractivity contribution in [2.75, 3.05) is 26.8 Å². The van der Waals surface area contributed by atoms with Gasteiger partial charge in [0.2, 0.25) is 15.9 Å². The van der Waals surface area contributed by atoms with E-state index in [1.54, 1.807) is 18.2 Å². The monoisotopic (exact) mass is 363 g/mol. The molecule has 1 fully saturated rings. The van der Waals surface area contributed by atoms with E-state index in [1.165, 1.54) is 13.1 Å². The minimum absolute atomic E-state index is 0. The molecule has 2 atom stereocenters. The Morgan fingerprint density at radius 3 is 2.78 bits per heavy atom. The lowest BCUT2D eigenvalue weighted by Gasteiger charge is -2.25. The normalized spacial score (nSPS) is 19.5. The Labute approximate surface area is 142 Å². The molecular weight excluding hydrogens is 342 g/mol. The fourth-order valence-electron chi connectivity index (χ4n) is 2.20. The average Bonchev–Trinajstić information content (AvgIpc) is 2.55. The zero-order valence-corrected chi connectivity index (χ0v) is 14.7. The largest absolute Gasteiger partial charge is 0.378 e. The van der Waals surface area contributed by atoms with Crippen molar-refractivity contribution in [1.82, 2.24) is 15.4 Å². The van der Waals surface area contributed by atoms with E-state index in [2.05, 4.69) is 15.4 Å². The molecule has 9 heteroatoms. The first-order chi connectivity index (χ1) is 10.4. The van der Waals surface area contributed by atoms with Gasteiger partial charge in [0.15, 0.2) is 0 Å². The summed E-state index contributed by atoms with van der Waals surface area (Å²) in [5.74, 6) is -0.158. The maximum atomic E-state index is 12.1. The van der Waals surface area contributed by atoms with E-state index in [1.807, 2.05) is 6.92 Å². The smallest absolute Gasteiger partial charge is 0.240 e. The third-order valence-corrected chi connectivity index (χ3v) is 4.95. The van der Waals surface area contributed by atoms with Gasteiger partial charge in [-0.25, -0.2) is 13.1 Å². The van der Waals surface area contributed by atoms with Crippen LogP contribution in [-0.4, -0.2) is 47.2 Å². The highest BCUT2D eigenvalue weighted by Crippen LogP contribution is 2.17. The molecular formula is C14H22ClN3O4S. The van der Waals surface area contributed by atoms with Crippen LogP contribution in [0.5, 0.6) is 0 Å². The Balaban J connectivity index is 0.00000264. The lowest BCUT2D eigenvalue weighted by Crippen LogP contribution is -2.51. The quantitative estimate of drug-likeness (QED) is 0.693. The summed E-state index contributed by atoms with van der Waals surface area (Å²) in [5.41, 5.74) is 0.724. The first kappa shape index (κ1) is 19.9. The van der Waals surface area contributed by atoms with E-state index in [0.717, 1.165) is 5.56 Å². The minimum atomic E-state index is -3.50. The van der Waals surface area contributed by atoms with Gasteiger partial charge >= 0.3 is 0 Å². The maximum Gasteiger partial charge on any atom is 0.240 e. The summed E-state index contributed by atoms with van der Waals surface area (Å²) < 4.78 is 31.2. The number of morpholine rings is 1. The van der Waals surface area contributed by atoms with Gasteiger partial charge in [-0.05, 0) is 31.7 Å². The van der Waals surface area contributed by atoms with Gasteiger partial charge in [-0.3, -0.25) is 4.79 Å². The van der Waals surface area contributed by atoms with Crippen molar-refractivity contribution in [2.45, 2.75) is 23.9 Å². The van der Waals surface area contributed by atoms with Crippen molar-refractivity contribution in [3.05, 3.63) is 29.8 Å². The summed E-state index contributed by atoms with van der Waals surface area (Å²) in [4.78, 5) is 12.3. The highest BCUT2D eigenvalue weighted by molar-refractivity contribution is 7.89. The average molecular weight is 364 g/mol. The number of halogens is 1. The van der Waals surface area contributed by atoms with Gasteiger partial charge in [-0.2, -0.15) is 0 Å². The van der Waals surface area contributed by atoms with Crippen LogP contribution in [0.15, 0.2) is 29.2 Å². The minimum Gasteiger partial charge on any atom is -0.378 e. The van der Waals surface area contributed by atoms with Gasteiger partial charge in [0, 0.05) is 6.54 Å². The van der Waals surface area contributed by atoms with Crippen LogP contribution in [0.1, 0.15) is 18.5 Å². The standard InChI is InChI=1S/C14H21N3O4S.ClH/c1-10(17-14(18)13-9-21-7-6-16-13)11-4-3-5-12(8-11)22(19,20)15-2;/h3-5,8,10,13,15-16H,6-7,9H2,1-2H3,(H,17,18);1H. The Bertz CT molecular complexity index is 633. The number of hydrogen-bond donors (Lipinski definition) is 3. The second-order valence-corrected chi connectivity index (χ2v) is 6.98. The highest BCUT2D eigenvalue weighted by Gasteiger charge is 2.23. The molecule has 1 aliphatic heterocycles. The zero-order chi connectivity index (χ0) is 16.2. The Hall–Kier alpha value is -1.19. The van der Waals surface area contributed by atoms with Crippen molar-refractivity contribution in [3.63, 3.8) is 0 Å². The number of sulfonamides is 1. The summed E-state index contributed by atoms with van der Waals surface area (Å²) in [6.07, 6.45) is 0. The lowest BCUT2D eigenvalue weighted by atomic mass is 10.1. The molecule has 1 aromatic rings. The van der Waals surface area contributed by atoms with Crippen LogP contribution in [0, 0.1) is 0 Å². The van der Waals surface area contributed by atoms with E-state index in [0.29, 0.717) is 19.8 Å². The molecule has 1 amide bonds. The molecule has 23 heavy (non-hydrogen) atoms. The van der Waals surface area contributed by atoms with E-state index < -0.39 is 10.0 Å². The van der Waals surface area contributed by atoms with Gasteiger partial charge in [-0.1, -0.05) is 12.1 Å². The Morgan fingerprint density at radius 1 is 1.43 bits per heavy atom. The van der Waals surface area contributed by atoms with Crippen LogP contribution >= 0.6 is 12.4 Å². The third-order valence-electron chi connectivity index (χ3n) is 3.53. The van der Waals surface area contributed by atoms with Crippen LogP contribution in [0.2, 0.25) is 0 Å². The van der Waals surface area contributed by atoms with Crippen LogP contribution in [0.3, 0.4) is 0 Å². The van der Waals surface area contributed by atoms with Crippen molar-refractivity contribution >= 4 is 28.3 Å². The molecule has 2 unspecified atom stereocenters. The summed E-state index contributed by atoms with van der Waals surface area (Å²) in [6, 6.07) is 5.83. The molecule has 1 heterocycles. The fraction of sp³-hybridized carbons (Fsp3) is 0.500. The number of ether oxygens (including phenoxy) is 1. The third kappa shape index (κ3) is 5.15. The molecule has 0 bridgehead atoms. The molecule has 130 valence electrons. The SMILES string of the molecule is CNS(=O)(=O)c1cccc(C(C)NC(=O)C2COCCN2)c1.Cl. The summed E-state index contributed by atoms with van der Waals surface area (Å²) in [5, 5.41) is 5.94. The second-order valence-electron chi connectivity index (χ2n) is 5.09. The number of nitrogens with one attached hydrogen (secondary N) is 3. The van der Waals surface area contributed by atoms with Crippen molar-refractivity contribution < 1.29 is 17.9 Å². The summed E-state index contributed by atoms with van der Waals surface area (Å²) in [7, 11) is -2.14. The Morgan fingerprint density at radius 2 is 2.17 bits per heavy atom. The number of rotatable bonds is 5. The molecule has 2 rings (SSSR count). The van der Waals surface area contributed by atoms with E-state index in [9.17, 15) is 13.2 Å². The molecule has 0 saturated carbocycles. The van der Waals surface area contributed by atoms with Crippen molar-refractivity contribution in [3.8, 4) is 0 Å². The maximum absolute atomic E-state index is 12.1. The molecule has 0 spiro atoms. The molecule has 1 aromatic carbocycles. The van der Waals surface area contributed by atoms with Crippen LogP contribution < -0.4 is 15.4 Å². The summed E-state index contributed by atoms with van der Waals surface area (Å²) in [6.45, 7) is 3.39. The van der Waals surface area contributed by atoms with Crippen molar-refractivity contribution in [1.29, 1.82) is 0 Å². The topological polar surface area (TPSA) is 96.5 Å². The molecule has 0 aromatic heterocycles. The highest BCUT2D eigenvalue weighted by atomic mass is 35.5. The first-order valence-corrected chi connectivity index (χ1v) is 8.57. The molecule has 3 N–H and O–H groups in total. The number of benzene rings is 1. The molecule has 0 radical (unpaired) electrons. The summed E-state index contributed by atoms with van der Waals surface area (Å²) >= 11 is 0. The molecule has 7 nitrogen and oxygen atoms in total. The van der Waals surface area contributed by atoms with Gasteiger partial charge in [0.1, 0.15) is 6.04 Å².